The van der Waals surface area contributed by atoms with Crippen LogP contribution in [0.15, 0.2) is 159 Å². The summed E-state index contributed by atoms with van der Waals surface area (Å²) in [5.41, 5.74) is 5.75. The van der Waals surface area contributed by atoms with Crippen LogP contribution in [-0.4, -0.2) is 29.3 Å². The normalized spacial score (nSPS) is 11.4. The zero-order valence-corrected chi connectivity index (χ0v) is 22.2. The van der Waals surface area contributed by atoms with E-state index < -0.39 is 5.54 Å². The Morgan fingerprint density at radius 1 is 0.561 bits per heavy atom. The molecule has 41 heavy (non-hydrogen) atoms. The van der Waals surface area contributed by atoms with E-state index in [4.69, 9.17) is 15.1 Å². The fourth-order valence-electron chi connectivity index (χ4n) is 5.47. The summed E-state index contributed by atoms with van der Waals surface area (Å²) in [4.78, 5) is 13.9. The molecule has 6 nitrogen and oxygen atoms in total. The molecule has 196 valence electrons. The molecule has 7 rings (SSSR count). The summed E-state index contributed by atoms with van der Waals surface area (Å²) in [6.07, 6.45) is 9.30. The molecule has 0 amide bonds. The molecule has 0 radical (unpaired) electrons. The number of nitrogens with zero attached hydrogens (tertiary/aromatic N) is 6. The van der Waals surface area contributed by atoms with Gasteiger partial charge in [-0.25, -0.2) is 9.97 Å². The Morgan fingerprint density at radius 3 is 1.73 bits per heavy atom. The lowest BCUT2D eigenvalue weighted by atomic mass is 9.77. The van der Waals surface area contributed by atoms with Crippen LogP contribution in [0.1, 0.15) is 16.7 Å². The third kappa shape index (κ3) is 4.32. The van der Waals surface area contributed by atoms with Gasteiger partial charge in [-0.05, 0) is 41.0 Å². The lowest BCUT2D eigenvalue weighted by Gasteiger charge is -2.36. The van der Waals surface area contributed by atoms with Gasteiger partial charge >= 0.3 is 0 Å². The van der Waals surface area contributed by atoms with Gasteiger partial charge in [-0.2, -0.15) is 5.10 Å². The number of benzene rings is 3. The second kappa shape index (κ2) is 10.5. The molecule has 0 N–H and O–H groups in total. The highest BCUT2D eigenvalue weighted by molar-refractivity contribution is 5.77. The molecule has 0 unspecified atom stereocenters. The second-order valence-corrected chi connectivity index (χ2v) is 9.71. The Morgan fingerprint density at radius 2 is 1.17 bits per heavy atom. The van der Waals surface area contributed by atoms with Crippen molar-refractivity contribution in [2.45, 2.75) is 5.54 Å². The Bertz CT molecular complexity index is 1770. The van der Waals surface area contributed by atoms with Gasteiger partial charge in [0.25, 0.3) is 0 Å². The first-order valence-electron chi connectivity index (χ1n) is 13.5. The fourth-order valence-corrected chi connectivity index (χ4v) is 5.47. The maximum atomic E-state index is 5.35. The van der Waals surface area contributed by atoms with Gasteiger partial charge in [0.15, 0.2) is 0 Å². The molecule has 0 saturated carbocycles. The van der Waals surface area contributed by atoms with Crippen LogP contribution in [0, 0.1) is 0 Å². The lowest BCUT2D eigenvalue weighted by molar-refractivity contribution is 0.461. The summed E-state index contributed by atoms with van der Waals surface area (Å²) in [7, 11) is 0. The molecule has 0 aliphatic carbocycles. The zero-order chi connectivity index (χ0) is 27.5. The number of hydrogen-bond acceptors (Lipinski definition) is 4. The number of imidazole rings is 1. The van der Waals surface area contributed by atoms with Crippen molar-refractivity contribution in [3.8, 4) is 28.5 Å². The van der Waals surface area contributed by atoms with E-state index in [9.17, 15) is 0 Å². The van der Waals surface area contributed by atoms with Crippen molar-refractivity contribution in [2.75, 3.05) is 0 Å². The van der Waals surface area contributed by atoms with Crippen molar-refractivity contribution in [3.05, 3.63) is 175 Å². The second-order valence-electron chi connectivity index (χ2n) is 9.71. The smallest absolute Gasteiger partial charge is 0.138 e. The number of rotatable bonds is 7. The highest BCUT2D eigenvalue weighted by Crippen LogP contribution is 2.42. The minimum absolute atomic E-state index is 0.756. The van der Waals surface area contributed by atoms with Crippen molar-refractivity contribution >= 4 is 0 Å². The van der Waals surface area contributed by atoms with Gasteiger partial charge < -0.3 is 0 Å². The molecule has 0 aliphatic rings. The summed E-state index contributed by atoms with van der Waals surface area (Å²) in [5, 5.41) is 5.35. The Balaban J connectivity index is 1.55. The molecule has 0 spiro atoms. The van der Waals surface area contributed by atoms with E-state index in [2.05, 4.69) is 88.7 Å². The topological polar surface area (TPSA) is 61.4 Å². The SMILES string of the molecule is c1ccc(C(c2ccccc2)(c2ccccc2)n2cc(-c3cccc(-n4ccnc4)n3)c(-c3ccccn3)n2)cc1. The van der Waals surface area contributed by atoms with Gasteiger partial charge in [-0.15, -0.1) is 0 Å². The standard InChI is InChI=1S/C35H26N6/c1-4-13-27(14-5-1)35(28-15-6-2-7-16-28,29-17-8-3-9-18-29)41-25-30(34(39-41)32-19-10-11-22-37-32)31-20-12-21-33(38-31)40-24-23-36-26-40/h1-26H. The van der Waals surface area contributed by atoms with E-state index in [0.717, 1.165) is 45.2 Å². The van der Waals surface area contributed by atoms with E-state index in [1.807, 2.05) is 65.4 Å². The third-order valence-corrected chi connectivity index (χ3v) is 7.32. The number of pyridine rings is 2. The average Bonchev–Trinajstić information content (AvgIpc) is 3.76. The summed E-state index contributed by atoms with van der Waals surface area (Å²) in [6.45, 7) is 0. The van der Waals surface area contributed by atoms with Crippen LogP contribution >= 0.6 is 0 Å². The van der Waals surface area contributed by atoms with Crippen LogP contribution in [0.25, 0.3) is 28.5 Å². The maximum Gasteiger partial charge on any atom is 0.138 e. The molecule has 0 fully saturated rings. The summed E-state index contributed by atoms with van der Waals surface area (Å²) < 4.78 is 3.98. The predicted octanol–water partition coefficient (Wildman–Crippen LogP) is 7.03. The van der Waals surface area contributed by atoms with Gasteiger partial charge in [-0.1, -0.05) is 103 Å². The number of aromatic nitrogens is 6. The molecule has 6 heteroatoms. The van der Waals surface area contributed by atoms with Gasteiger partial charge in [0, 0.05) is 30.4 Å². The average molecular weight is 531 g/mol. The first-order chi connectivity index (χ1) is 20.3. The van der Waals surface area contributed by atoms with Crippen molar-refractivity contribution in [3.63, 3.8) is 0 Å². The quantitative estimate of drug-likeness (QED) is 0.208. The van der Waals surface area contributed by atoms with Gasteiger partial charge in [0.05, 0.1) is 11.4 Å². The van der Waals surface area contributed by atoms with Crippen LogP contribution in [0.5, 0.6) is 0 Å². The van der Waals surface area contributed by atoms with Crippen LogP contribution in [0.4, 0.5) is 0 Å². The van der Waals surface area contributed by atoms with Crippen molar-refractivity contribution in [1.29, 1.82) is 0 Å². The summed E-state index contributed by atoms with van der Waals surface area (Å²) in [6, 6.07) is 43.5. The fraction of sp³-hybridized carbons (Fsp3) is 0.0286. The molecule has 0 bridgehead atoms. The first kappa shape index (κ1) is 24.4. The van der Waals surface area contributed by atoms with Crippen LogP contribution in [-0.2, 0) is 5.54 Å². The Kier molecular flexibility index (Phi) is 6.26. The minimum atomic E-state index is -0.756. The maximum absolute atomic E-state index is 5.35. The summed E-state index contributed by atoms with van der Waals surface area (Å²) >= 11 is 0. The van der Waals surface area contributed by atoms with E-state index >= 15 is 0 Å². The van der Waals surface area contributed by atoms with E-state index in [1.54, 1.807) is 18.7 Å². The van der Waals surface area contributed by atoms with Crippen molar-refractivity contribution in [1.82, 2.24) is 29.3 Å². The molecule has 7 aromatic rings. The van der Waals surface area contributed by atoms with Crippen molar-refractivity contribution in [2.24, 2.45) is 0 Å². The van der Waals surface area contributed by atoms with E-state index in [-0.39, 0.29) is 0 Å². The molecular formula is C35H26N6. The molecule has 4 aromatic heterocycles. The van der Waals surface area contributed by atoms with E-state index in [0.29, 0.717) is 0 Å². The van der Waals surface area contributed by atoms with Crippen LogP contribution in [0.2, 0.25) is 0 Å². The largest absolute Gasteiger partial charge is 0.291 e. The number of hydrogen-bond donors (Lipinski definition) is 0. The molecule has 0 saturated heterocycles. The highest BCUT2D eigenvalue weighted by Gasteiger charge is 2.40. The van der Waals surface area contributed by atoms with E-state index in [1.165, 1.54) is 0 Å². The minimum Gasteiger partial charge on any atom is -0.291 e. The molecule has 0 atom stereocenters. The molecular weight excluding hydrogens is 504 g/mol. The Hall–Kier alpha value is -5.62. The van der Waals surface area contributed by atoms with Gasteiger partial charge in [0.2, 0.25) is 0 Å². The first-order valence-corrected chi connectivity index (χ1v) is 13.5. The van der Waals surface area contributed by atoms with Gasteiger partial charge in [-0.3, -0.25) is 14.2 Å². The predicted molar refractivity (Wildman–Crippen MR) is 160 cm³/mol. The lowest BCUT2D eigenvalue weighted by Crippen LogP contribution is -2.38. The van der Waals surface area contributed by atoms with Gasteiger partial charge in [0.1, 0.15) is 23.4 Å². The zero-order valence-electron chi connectivity index (χ0n) is 22.2. The Labute approximate surface area is 238 Å². The molecule has 3 aromatic carbocycles. The van der Waals surface area contributed by atoms with Crippen LogP contribution in [0.3, 0.4) is 0 Å². The van der Waals surface area contributed by atoms with Crippen molar-refractivity contribution < 1.29 is 0 Å². The van der Waals surface area contributed by atoms with Crippen LogP contribution < -0.4 is 0 Å². The monoisotopic (exact) mass is 530 g/mol. The summed E-state index contributed by atoms with van der Waals surface area (Å²) in [5.74, 6) is 0.778. The highest BCUT2D eigenvalue weighted by atomic mass is 15.3. The molecule has 0 aliphatic heterocycles. The third-order valence-electron chi connectivity index (χ3n) is 7.32. The molecule has 4 heterocycles.